The second-order valence-corrected chi connectivity index (χ2v) is 5.93. The van der Waals surface area contributed by atoms with Gasteiger partial charge in [0.05, 0.1) is 15.8 Å². The molecule has 3 nitrogen and oxygen atoms in total. The number of cyclic esters (lactones) is 1. The van der Waals surface area contributed by atoms with Gasteiger partial charge in [-0.15, -0.1) is 11.3 Å². The van der Waals surface area contributed by atoms with E-state index in [-0.39, 0.29) is 5.97 Å². The predicted molar refractivity (Wildman–Crippen MR) is 88.1 cm³/mol. The van der Waals surface area contributed by atoms with E-state index in [1.807, 2.05) is 60.7 Å². The molecule has 2 aromatic carbocycles. The van der Waals surface area contributed by atoms with Gasteiger partial charge in [0.25, 0.3) is 0 Å². The molecule has 1 aliphatic rings. The number of carbonyl (C=O) groups excluding carboxylic acids is 1. The monoisotopic (exact) mass is 305 g/mol. The third-order valence-electron chi connectivity index (χ3n) is 3.35. The Bertz CT molecular complexity index is 889. The van der Waals surface area contributed by atoms with Gasteiger partial charge in [0.1, 0.15) is 0 Å². The van der Waals surface area contributed by atoms with Crippen molar-refractivity contribution in [3.63, 3.8) is 0 Å². The Hall–Kier alpha value is -2.72. The van der Waals surface area contributed by atoms with Gasteiger partial charge in [-0.05, 0) is 29.8 Å². The highest BCUT2D eigenvalue weighted by atomic mass is 32.1. The lowest BCUT2D eigenvalue weighted by Crippen LogP contribution is -1.96. The second-order valence-electron chi connectivity index (χ2n) is 4.90. The SMILES string of the molecule is O=C1OC(c2nc3ccccc3s2)=C/C1=C\c1ccccc1. The molecule has 0 saturated heterocycles. The topological polar surface area (TPSA) is 39.2 Å². The zero-order valence-corrected chi connectivity index (χ0v) is 12.3. The fourth-order valence-corrected chi connectivity index (χ4v) is 3.22. The summed E-state index contributed by atoms with van der Waals surface area (Å²) >= 11 is 1.52. The Kier molecular flexibility index (Phi) is 3.09. The Labute approximate surface area is 131 Å². The zero-order valence-electron chi connectivity index (χ0n) is 11.5. The first-order valence-electron chi connectivity index (χ1n) is 6.86. The van der Waals surface area contributed by atoms with Gasteiger partial charge < -0.3 is 4.74 Å². The van der Waals surface area contributed by atoms with Crippen LogP contribution in [0.5, 0.6) is 0 Å². The number of hydrogen-bond donors (Lipinski definition) is 0. The maximum absolute atomic E-state index is 12.0. The van der Waals surface area contributed by atoms with Crippen molar-refractivity contribution in [2.45, 2.75) is 0 Å². The fourth-order valence-electron chi connectivity index (χ4n) is 2.30. The van der Waals surface area contributed by atoms with Gasteiger partial charge in [0.2, 0.25) is 0 Å². The number of benzene rings is 2. The maximum Gasteiger partial charge on any atom is 0.343 e. The Morgan fingerprint density at radius 2 is 1.77 bits per heavy atom. The van der Waals surface area contributed by atoms with Gasteiger partial charge in [-0.25, -0.2) is 9.78 Å². The van der Waals surface area contributed by atoms with Crippen molar-refractivity contribution in [3.8, 4) is 0 Å². The summed E-state index contributed by atoms with van der Waals surface area (Å²) in [5, 5.41) is 0.728. The number of thiazole rings is 1. The van der Waals surface area contributed by atoms with E-state index in [0.29, 0.717) is 11.3 Å². The first kappa shape index (κ1) is 13.0. The van der Waals surface area contributed by atoms with Crippen LogP contribution in [0.3, 0.4) is 0 Å². The maximum atomic E-state index is 12.0. The summed E-state index contributed by atoms with van der Waals surface area (Å²) in [4.78, 5) is 16.5. The molecule has 1 aromatic heterocycles. The van der Waals surface area contributed by atoms with Crippen LogP contribution in [0.4, 0.5) is 0 Å². The summed E-state index contributed by atoms with van der Waals surface area (Å²) in [5.41, 5.74) is 2.43. The van der Waals surface area contributed by atoms with Crippen LogP contribution in [0.1, 0.15) is 10.6 Å². The normalized spacial score (nSPS) is 16.1. The third kappa shape index (κ3) is 2.34. The van der Waals surface area contributed by atoms with Gasteiger partial charge in [0, 0.05) is 0 Å². The summed E-state index contributed by atoms with van der Waals surface area (Å²) in [5.74, 6) is 0.187. The van der Waals surface area contributed by atoms with E-state index in [1.54, 1.807) is 6.08 Å². The molecule has 4 rings (SSSR count). The van der Waals surface area contributed by atoms with Crippen LogP contribution in [-0.4, -0.2) is 11.0 Å². The van der Waals surface area contributed by atoms with Crippen molar-refractivity contribution in [2.24, 2.45) is 0 Å². The molecular weight excluding hydrogens is 294 g/mol. The average molecular weight is 305 g/mol. The minimum Gasteiger partial charge on any atom is -0.420 e. The van der Waals surface area contributed by atoms with Gasteiger partial charge >= 0.3 is 5.97 Å². The molecule has 0 aliphatic carbocycles. The molecule has 1 aliphatic heterocycles. The second kappa shape index (κ2) is 5.24. The van der Waals surface area contributed by atoms with Gasteiger partial charge in [-0.3, -0.25) is 0 Å². The number of ether oxygens (including phenoxy) is 1. The Morgan fingerprint density at radius 3 is 2.59 bits per heavy atom. The van der Waals surface area contributed by atoms with Crippen molar-refractivity contribution in [1.82, 2.24) is 4.98 Å². The molecule has 3 aromatic rings. The van der Waals surface area contributed by atoms with Crippen LogP contribution >= 0.6 is 11.3 Å². The van der Waals surface area contributed by atoms with E-state index in [0.717, 1.165) is 20.8 Å². The Morgan fingerprint density at radius 1 is 1.00 bits per heavy atom. The lowest BCUT2D eigenvalue weighted by Gasteiger charge is -1.95. The number of aromatic nitrogens is 1. The molecule has 0 unspecified atom stereocenters. The highest BCUT2D eigenvalue weighted by Gasteiger charge is 2.24. The number of carbonyl (C=O) groups is 1. The standard InChI is InChI=1S/C18H11NO2S/c20-18-13(10-12-6-2-1-3-7-12)11-15(21-18)17-19-14-8-4-5-9-16(14)22-17/h1-11H/b13-10+. The van der Waals surface area contributed by atoms with E-state index in [9.17, 15) is 4.79 Å². The summed E-state index contributed by atoms with van der Waals surface area (Å²) in [6.07, 6.45) is 3.58. The molecule has 0 spiro atoms. The number of rotatable bonds is 2. The largest absolute Gasteiger partial charge is 0.420 e. The van der Waals surface area contributed by atoms with Crippen molar-refractivity contribution in [3.05, 3.63) is 76.8 Å². The smallest absolute Gasteiger partial charge is 0.343 e. The highest BCUT2D eigenvalue weighted by Crippen LogP contribution is 2.32. The van der Waals surface area contributed by atoms with Crippen molar-refractivity contribution in [1.29, 1.82) is 0 Å². The molecule has 22 heavy (non-hydrogen) atoms. The van der Waals surface area contributed by atoms with Crippen LogP contribution in [0.15, 0.2) is 66.2 Å². The van der Waals surface area contributed by atoms with E-state index in [2.05, 4.69) is 4.98 Å². The van der Waals surface area contributed by atoms with Gasteiger partial charge in [0.15, 0.2) is 10.8 Å². The predicted octanol–water partition coefficient (Wildman–Crippen LogP) is 4.28. The fraction of sp³-hybridized carbons (Fsp3) is 0. The summed E-state index contributed by atoms with van der Waals surface area (Å²) in [6.45, 7) is 0. The molecule has 0 radical (unpaired) electrons. The summed E-state index contributed by atoms with van der Waals surface area (Å²) in [6, 6.07) is 17.6. The summed E-state index contributed by atoms with van der Waals surface area (Å²) in [7, 11) is 0. The molecule has 4 heteroatoms. The van der Waals surface area contributed by atoms with Gasteiger partial charge in [-0.1, -0.05) is 42.5 Å². The molecule has 0 N–H and O–H groups in total. The van der Waals surface area contributed by atoms with Crippen molar-refractivity contribution in [2.75, 3.05) is 0 Å². The quantitative estimate of drug-likeness (QED) is 0.524. The Balaban J connectivity index is 1.72. The van der Waals surface area contributed by atoms with E-state index >= 15 is 0 Å². The molecular formula is C18H11NO2S. The molecule has 0 saturated carbocycles. The molecule has 0 bridgehead atoms. The van der Waals surface area contributed by atoms with E-state index in [1.165, 1.54) is 11.3 Å². The number of esters is 1. The first-order chi connectivity index (χ1) is 10.8. The molecule has 106 valence electrons. The van der Waals surface area contributed by atoms with Crippen molar-refractivity contribution < 1.29 is 9.53 Å². The van der Waals surface area contributed by atoms with Crippen LogP contribution in [0, 0.1) is 0 Å². The minimum atomic E-state index is -0.335. The van der Waals surface area contributed by atoms with Gasteiger partial charge in [-0.2, -0.15) is 0 Å². The number of hydrogen-bond acceptors (Lipinski definition) is 4. The van der Waals surface area contributed by atoms with E-state index in [4.69, 9.17) is 4.74 Å². The third-order valence-corrected chi connectivity index (χ3v) is 4.40. The van der Waals surface area contributed by atoms with Crippen LogP contribution < -0.4 is 0 Å². The minimum absolute atomic E-state index is 0.335. The van der Waals surface area contributed by atoms with E-state index < -0.39 is 0 Å². The molecule has 2 heterocycles. The first-order valence-corrected chi connectivity index (χ1v) is 7.68. The lowest BCUT2D eigenvalue weighted by atomic mass is 10.1. The molecule has 0 amide bonds. The average Bonchev–Trinajstić information content (AvgIpc) is 3.12. The van der Waals surface area contributed by atoms with Crippen LogP contribution in [-0.2, 0) is 9.53 Å². The number of fused-ring (bicyclic) bond motifs is 1. The molecule has 0 atom stereocenters. The number of para-hydroxylation sites is 1. The lowest BCUT2D eigenvalue weighted by molar-refractivity contribution is -0.130. The zero-order chi connectivity index (χ0) is 14.9. The van der Waals surface area contributed by atoms with Crippen LogP contribution in [0.25, 0.3) is 22.1 Å². The highest BCUT2D eigenvalue weighted by molar-refractivity contribution is 7.19. The number of nitrogens with zero attached hydrogens (tertiary/aromatic N) is 1. The van der Waals surface area contributed by atoms with Crippen molar-refractivity contribution >= 4 is 39.4 Å². The van der Waals surface area contributed by atoms with Crippen LogP contribution in [0.2, 0.25) is 0 Å². The molecule has 0 fully saturated rings. The summed E-state index contributed by atoms with van der Waals surface area (Å²) < 4.78 is 6.44.